The second kappa shape index (κ2) is 7.23. The predicted octanol–water partition coefficient (Wildman–Crippen LogP) is 4.03. The SMILES string of the molecule is C#C[C@]1(O)CCC(F)(F)c2c3c(nn2C1)C[C@@H](C)N(C(=O)c1ccc(Cl)c(Cl)c1)C3. The summed E-state index contributed by atoms with van der Waals surface area (Å²) in [6.45, 7) is 1.60. The quantitative estimate of drug-likeness (QED) is 0.663. The van der Waals surface area contributed by atoms with Gasteiger partial charge in [-0.3, -0.25) is 9.48 Å². The number of alkyl halides is 2. The highest BCUT2D eigenvalue weighted by Gasteiger charge is 2.47. The maximum absolute atomic E-state index is 15.0. The van der Waals surface area contributed by atoms with Gasteiger partial charge in [0, 0.05) is 30.0 Å². The smallest absolute Gasteiger partial charge is 0.289 e. The molecular formula is C21H19Cl2F2N3O2. The Balaban J connectivity index is 1.73. The van der Waals surface area contributed by atoms with Gasteiger partial charge in [-0.15, -0.1) is 6.42 Å². The van der Waals surface area contributed by atoms with Gasteiger partial charge in [0.15, 0.2) is 0 Å². The molecule has 0 saturated heterocycles. The van der Waals surface area contributed by atoms with Gasteiger partial charge < -0.3 is 10.0 Å². The van der Waals surface area contributed by atoms with Crippen molar-refractivity contribution in [3.63, 3.8) is 0 Å². The number of aliphatic hydroxyl groups is 1. The van der Waals surface area contributed by atoms with E-state index in [1.807, 2.05) is 6.92 Å². The molecule has 0 spiro atoms. The minimum Gasteiger partial charge on any atom is -0.376 e. The number of nitrogens with zero attached hydrogens (tertiary/aromatic N) is 3. The molecule has 0 unspecified atom stereocenters. The molecule has 1 amide bonds. The number of hydrogen-bond acceptors (Lipinski definition) is 3. The summed E-state index contributed by atoms with van der Waals surface area (Å²) in [7, 11) is 0. The van der Waals surface area contributed by atoms with Crippen LogP contribution in [0.5, 0.6) is 0 Å². The van der Waals surface area contributed by atoms with Crippen molar-refractivity contribution in [3.05, 3.63) is 50.8 Å². The van der Waals surface area contributed by atoms with Gasteiger partial charge in [0.25, 0.3) is 11.8 Å². The molecule has 1 aromatic heterocycles. The molecule has 2 aliphatic heterocycles. The lowest BCUT2D eigenvalue weighted by molar-refractivity contribution is -0.0302. The molecule has 2 aromatic rings. The van der Waals surface area contributed by atoms with E-state index in [-0.39, 0.29) is 42.2 Å². The summed E-state index contributed by atoms with van der Waals surface area (Å²) < 4.78 is 31.2. The lowest BCUT2D eigenvalue weighted by Gasteiger charge is -2.34. The first-order valence-electron chi connectivity index (χ1n) is 9.48. The van der Waals surface area contributed by atoms with Crippen LogP contribution in [0.4, 0.5) is 8.78 Å². The Morgan fingerprint density at radius 3 is 2.73 bits per heavy atom. The molecule has 1 N–H and O–H groups in total. The van der Waals surface area contributed by atoms with Gasteiger partial charge in [-0.1, -0.05) is 29.1 Å². The Bertz CT molecular complexity index is 1080. The van der Waals surface area contributed by atoms with Crippen molar-refractivity contribution in [2.45, 2.75) is 56.8 Å². The zero-order valence-corrected chi connectivity index (χ0v) is 17.6. The first-order valence-corrected chi connectivity index (χ1v) is 10.2. The number of aromatic nitrogens is 2. The Hall–Kier alpha value is -2.14. The first kappa shape index (κ1) is 21.1. The van der Waals surface area contributed by atoms with Crippen LogP contribution in [-0.2, 0) is 25.4 Å². The molecule has 0 fully saturated rings. The fourth-order valence-electron chi connectivity index (χ4n) is 4.11. The summed E-state index contributed by atoms with van der Waals surface area (Å²) in [4.78, 5) is 14.6. The van der Waals surface area contributed by atoms with Crippen molar-refractivity contribution in [1.82, 2.24) is 14.7 Å². The Labute approximate surface area is 182 Å². The van der Waals surface area contributed by atoms with Crippen LogP contribution in [0.25, 0.3) is 0 Å². The lowest BCUT2D eigenvalue weighted by Crippen LogP contribution is -2.43. The van der Waals surface area contributed by atoms with Crippen molar-refractivity contribution in [1.29, 1.82) is 0 Å². The summed E-state index contributed by atoms with van der Waals surface area (Å²) >= 11 is 12.0. The van der Waals surface area contributed by atoms with Gasteiger partial charge in [-0.25, -0.2) is 0 Å². The van der Waals surface area contributed by atoms with E-state index in [0.717, 1.165) is 4.68 Å². The summed E-state index contributed by atoms with van der Waals surface area (Å²) in [5.74, 6) is -1.33. The molecule has 4 rings (SSSR count). The largest absolute Gasteiger partial charge is 0.376 e. The third kappa shape index (κ3) is 3.47. The summed E-state index contributed by atoms with van der Waals surface area (Å²) in [5.41, 5.74) is -0.830. The normalized spacial score (nSPS) is 25.1. The zero-order chi connectivity index (χ0) is 21.8. The van der Waals surface area contributed by atoms with Crippen LogP contribution in [0.1, 0.15) is 47.1 Å². The minimum atomic E-state index is -3.22. The van der Waals surface area contributed by atoms with E-state index in [4.69, 9.17) is 29.6 Å². The molecule has 5 nitrogen and oxygen atoms in total. The second-order valence-corrected chi connectivity index (χ2v) is 8.74. The lowest BCUT2D eigenvalue weighted by atomic mass is 9.94. The molecule has 0 bridgehead atoms. The average molecular weight is 454 g/mol. The molecule has 3 heterocycles. The highest BCUT2D eigenvalue weighted by atomic mass is 35.5. The highest BCUT2D eigenvalue weighted by Crippen LogP contribution is 2.43. The molecule has 2 atom stereocenters. The fraction of sp³-hybridized carbons (Fsp3) is 0.429. The van der Waals surface area contributed by atoms with E-state index in [1.165, 1.54) is 17.0 Å². The van der Waals surface area contributed by atoms with Gasteiger partial charge in [0.1, 0.15) is 11.3 Å². The van der Waals surface area contributed by atoms with Crippen molar-refractivity contribution in [3.8, 4) is 12.3 Å². The number of amides is 1. The van der Waals surface area contributed by atoms with Gasteiger partial charge in [-0.05, 0) is 31.5 Å². The molecule has 9 heteroatoms. The van der Waals surface area contributed by atoms with Crippen LogP contribution in [0, 0.1) is 12.3 Å². The van der Waals surface area contributed by atoms with E-state index >= 15 is 8.78 Å². The van der Waals surface area contributed by atoms with E-state index < -0.39 is 17.9 Å². The molecule has 0 saturated carbocycles. The Morgan fingerprint density at radius 1 is 1.33 bits per heavy atom. The van der Waals surface area contributed by atoms with Crippen molar-refractivity contribution in [2.24, 2.45) is 0 Å². The van der Waals surface area contributed by atoms with Gasteiger partial charge in [0.05, 0.1) is 28.8 Å². The molecule has 1 aromatic carbocycles. The molecule has 30 heavy (non-hydrogen) atoms. The predicted molar refractivity (Wildman–Crippen MR) is 109 cm³/mol. The molecule has 0 aliphatic carbocycles. The third-order valence-electron chi connectivity index (χ3n) is 5.79. The summed E-state index contributed by atoms with van der Waals surface area (Å²) in [5, 5.41) is 15.4. The number of carbonyl (C=O) groups excluding carboxylic acids is 1. The van der Waals surface area contributed by atoms with E-state index in [1.54, 1.807) is 6.07 Å². The Kier molecular flexibility index (Phi) is 5.08. The van der Waals surface area contributed by atoms with E-state index in [0.29, 0.717) is 28.3 Å². The van der Waals surface area contributed by atoms with Crippen LogP contribution in [0.15, 0.2) is 18.2 Å². The van der Waals surface area contributed by atoms with Crippen LogP contribution in [-0.4, -0.2) is 37.3 Å². The van der Waals surface area contributed by atoms with E-state index in [2.05, 4.69) is 11.0 Å². The Morgan fingerprint density at radius 2 is 2.07 bits per heavy atom. The number of halogens is 4. The highest BCUT2D eigenvalue weighted by molar-refractivity contribution is 6.42. The molecular weight excluding hydrogens is 435 g/mol. The molecule has 158 valence electrons. The molecule has 2 aliphatic rings. The maximum atomic E-state index is 15.0. The zero-order valence-electron chi connectivity index (χ0n) is 16.1. The van der Waals surface area contributed by atoms with Crippen molar-refractivity contribution >= 4 is 29.1 Å². The minimum absolute atomic E-state index is 0.0189. The standard InChI is InChI=1S/C21H19Cl2F2N3O2/c1-3-20(30)6-7-21(24,25)18-14-10-27(12(2)8-17(14)26-28(18)11-20)19(29)13-4-5-15(22)16(23)9-13/h1,4-5,9,12,30H,6-8,10-11H2,2H3/t12-,20+/m1/s1. The number of terminal acetylenes is 1. The van der Waals surface area contributed by atoms with Gasteiger partial charge >= 0.3 is 0 Å². The number of rotatable bonds is 1. The summed E-state index contributed by atoms with van der Waals surface area (Å²) in [6, 6.07) is 4.28. The van der Waals surface area contributed by atoms with Crippen LogP contribution >= 0.6 is 23.2 Å². The van der Waals surface area contributed by atoms with Gasteiger partial charge in [-0.2, -0.15) is 13.9 Å². The number of fused-ring (bicyclic) bond motifs is 3. The number of hydrogen-bond donors (Lipinski definition) is 1. The average Bonchev–Trinajstić information content (AvgIpc) is 2.99. The van der Waals surface area contributed by atoms with Crippen LogP contribution < -0.4 is 0 Å². The summed E-state index contributed by atoms with van der Waals surface area (Å²) in [6.07, 6.45) is 4.87. The first-order chi connectivity index (χ1) is 14.0. The number of carbonyl (C=O) groups is 1. The van der Waals surface area contributed by atoms with E-state index in [9.17, 15) is 9.90 Å². The van der Waals surface area contributed by atoms with Crippen LogP contribution in [0.3, 0.4) is 0 Å². The van der Waals surface area contributed by atoms with Crippen LogP contribution in [0.2, 0.25) is 10.0 Å². The number of benzene rings is 1. The monoisotopic (exact) mass is 453 g/mol. The topological polar surface area (TPSA) is 58.4 Å². The maximum Gasteiger partial charge on any atom is 0.289 e. The van der Waals surface area contributed by atoms with Crippen molar-refractivity contribution in [2.75, 3.05) is 0 Å². The van der Waals surface area contributed by atoms with Gasteiger partial charge in [0.2, 0.25) is 0 Å². The second-order valence-electron chi connectivity index (χ2n) is 7.93. The van der Waals surface area contributed by atoms with Crippen molar-refractivity contribution < 1.29 is 18.7 Å². The third-order valence-corrected chi connectivity index (χ3v) is 6.53. The molecule has 0 radical (unpaired) electrons. The fourth-order valence-corrected chi connectivity index (χ4v) is 4.41.